The lowest BCUT2D eigenvalue weighted by Crippen LogP contribution is -2.19. The first-order valence-electron chi connectivity index (χ1n) is 5.46. The van der Waals surface area contributed by atoms with E-state index in [0.717, 1.165) is 11.0 Å². The fourth-order valence-electron chi connectivity index (χ4n) is 1.80. The molecule has 1 amide bonds. The molecule has 3 aromatic rings. The van der Waals surface area contributed by atoms with Gasteiger partial charge >= 0.3 is 6.03 Å². The Balaban J connectivity index is 1.96. The maximum atomic E-state index is 11.9. The molecule has 0 saturated carbocycles. The van der Waals surface area contributed by atoms with Crippen molar-refractivity contribution in [2.45, 2.75) is 0 Å². The van der Waals surface area contributed by atoms with E-state index in [9.17, 15) is 4.79 Å². The molecule has 18 heavy (non-hydrogen) atoms. The molecule has 0 bridgehead atoms. The van der Waals surface area contributed by atoms with Crippen molar-refractivity contribution in [1.29, 1.82) is 0 Å². The zero-order valence-corrected chi connectivity index (χ0v) is 9.74. The number of benzene rings is 1. The topological polar surface area (TPSA) is 64.7 Å². The molecule has 2 aromatic heterocycles. The number of nitrogens with zero attached hydrogens (tertiary/aromatic N) is 4. The van der Waals surface area contributed by atoms with Gasteiger partial charge in [-0.15, -0.1) is 0 Å². The van der Waals surface area contributed by atoms with Gasteiger partial charge in [-0.1, -0.05) is 12.1 Å². The van der Waals surface area contributed by atoms with Crippen molar-refractivity contribution in [1.82, 2.24) is 19.1 Å². The summed E-state index contributed by atoms with van der Waals surface area (Å²) >= 11 is 0. The van der Waals surface area contributed by atoms with Crippen LogP contribution >= 0.6 is 0 Å². The molecule has 6 heteroatoms. The van der Waals surface area contributed by atoms with Gasteiger partial charge in [0.2, 0.25) is 5.95 Å². The van der Waals surface area contributed by atoms with E-state index < -0.39 is 0 Å². The molecule has 0 saturated heterocycles. The van der Waals surface area contributed by atoms with Crippen molar-refractivity contribution in [3.63, 3.8) is 0 Å². The van der Waals surface area contributed by atoms with Crippen LogP contribution in [-0.4, -0.2) is 25.1 Å². The smallest absolute Gasteiger partial charge is 0.313 e. The average Bonchev–Trinajstić information content (AvgIpc) is 3.00. The third-order valence-electron chi connectivity index (χ3n) is 2.74. The van der Waals surface area contributed by atoms with Crippen LogP contribution in [0, 0.1) is 0 Å². The standard InChI is InChI=1S/C12H11N5O/c1-16-10-5-3-2-4-9(10)14-11(16)15-12(18)17-7-6-13-8-17/h2-8H,1H3,(H,14,15,18). The Labute approximate surface area is 103 Å². The van der Waals surface area contributed by atoms with Gasteiger partial charge in [0.1, 0.15) is 6.33 Å². The maximum Gasteiger partial charge on any atom is 0.333 e. The van der Waals surface area contributed by atoms with Crippen LogP contribution in [0.3, 0.4) is 0 Å². The Morgan fingerprint density at radius 3 is 2.89 bits per heavy atom. The van der Waals surface area contributed by atoms with E-state index in [-0.39, 0.29) is 6.03 Å². The van der Waals surface area contributed by atoms with Crippen LogP contribution in [0.25, 0.3) is 11.0 Å². The number of carbonyl (C=O) groups excluding carboxylic acids is 1. The van der Waals surface area contributed by atoms with Gasteiger partial charge in [-0.3, -0.25) is 9.88 Å². The Morgan fingerprint density at radius 1 is 1.33 bits per heavy atom. The van der Waals surface area contributed by atoms with Crippen LogP contribution < -0.4 is 5.32 Å². The van der Waals surface area contributed by atoms with Crippen LogP contribution in [0.15, 0.2) is 43.0 Å². The highest BCUT2D eigenvalue weighted by atomic mass is 16.2. The molecule has 0 aliphatic rings. The molecule has 3 rings (SSSR count). The second kappa shape index (κ2) is 3.99. The SMILES string of the molecule is Cn1c(NC(=O)n2ccnc2)nc2ccccc21. The van der Waals surface area contributed by atoms with E-state index in [1.807, 2.05) is 35.9 Å². The van der Waals surface area contributed by atoms with Gasteiger partial charge < -0.3 is 4.57 Å². The summed E-state index contributed by atoms with van der Waals surface area (Å²) in [5, 5.41) is 2.74. The number of hydrogen-bond acceptors (Lipinski definition) is 3. The number of fused-ring (bicyclic) bond motifs is 1. The number of aromatic nitrogens is 4. The van der Waals surface area contributed by atoms with Gasteiger partial charge in [-0.25, -0.2) is 14.8 Å². The van der Waals surface area contributed by atoms with Gasteiger partial charge in [0.15, 0.2) is 0 Å². The predicted molar refractivity (Wildman–Crippen MR) is 67.4 cm³/mol. The van der Waals surface area contributed by atoms with Gasteiger partial charge in [0.25, 0.3) is 0 Å². The van der Waals surface area contributed by atoms with E-state index in [1.165, 1.54) is 10.9 Å². The molecule has 2 heterocycles. The van der Waals surface area contributed by atoms with Crippen LogP contribution in [0.5, 0.6) is 0 Å². The number of amides is 1. The fraction of sp³-hybridized carbons (Fsp3) is 0.0833. The summed E-state index contributed by atoms with van der Waals surface area (Å²) in [6.07, 6.45) is 4.57. The third kappa shape index (κ3) is 1.64. The first-order valence-corrected chi connectivity index (χ1v) is 5.46. The molecule has 0 aliphatic carbocycles. The Morgan fingerprint density at radius 2 is 2.17 bits per heavy atom. The fourth-order valence-corrected chi connectivity index (χ4v) is 1.80. The summed E-state index contributed by atoms with van der Waals surface area (Å²) in [6.45, 7) is 0. The molecule has 1 N–H and O–H groups in total. The summed E-state index contributed by atoms with van der Waals surface area (Å²) in [7, 11) is 1.86. The molecule has 0 radical (unpaired) electrons. The minimum absolute atomic E-state index is 0.286. The lowest BCUT2D eigenvalue weighted by molar-refractivity contribution is 0.253. The number of nitrogens with one attached hydrogen (secondary N) is 1. The quantitative estimate of drug-likeness (QED) is 0.707. The predicted octanol–water partition coefficient (Wildman–Crippen LogP) is 1.85. The van der Waals surface area contributed by atoms with Crippen molar-refractivity contribution in [2.24, 2.45) is 7.05 Å². The number of aryl methyl sites for hydroxylation is 1. The maximum absolute atomic E-state index is 11.9. The number of imidazole rings is 2. The third-order valence-corrected chi connectivity index (χ3v) is 2.74. The summed E-state index contributed by atoms with van der Waals surface area (Å²) in [5.41, 5.74) is 1.82. The first kappa shape index (κ1) is 10.5. The number of rotatable bonds is 1. The van der Waals surface area contributed by atoms with E-state index in [0.29, 0.717) is 5.95 Å². The largest absolute Gasteiger partial charge is 0.333 e. The summed E-state index contributed by atoms with van der Waals surface area (Å²) < 4.78 is 3.20. The van der Waals surface area contributed by atoms with E-state index in [1.54, 1.807) is 12.4 Å². The number of para-hydroxylation sites is 2. The van der Waals surface area contributed by atoms with E-state index in [2.05, 4.69) is 15.3 Å². The summed E-state index contributed by atoms with van der Waals surface area (Å²) in [4.78, 5) is 20.0. The molecule has 90 valence electrons. The summed E-state index contributed by atoms with van der Waals surface area (Å²) in [6, 6.07) is 7.42. The van der Waals surface area contributed by atoms with Gasteiger partial charge in [-0.2, -0.15) is 0 Å². The van der Waals surface area contributed by atoms with Crippen molar-refractivity contribution < 1.29 is 4.79 Å². The lowest BCUT2D eigenvalue weighted by atomic mass is 10.3. The first-order chi connectivity index (χ1) is 8.75. The summed E-state index contributed by atoms with van der Waals surface area (Å²) in [5.74, 6) is 0.509. The zero-order valence-electron chi connectivity index (χ0n) is 9.74. The van der Waals surface area contributed by atoms with Gasteiger partial charge in [-0.05, 0) is 12.1 Å². The average molecular weight is 241 g/mol. The highest BCUT2D eigenvalue weighted by molar-refractivity contribution is 5.91. The minimum atomic E-state index is -0.286. The van der Waals surface area contributed by atoms with Crippen LogP contribution in [-0.2, 0) is 7.05 Å². The molecule has 0 atom stereocenters. The molecule has 0 unspecified atom stereocenters. The molecule has 6 nitrogen and oxygen atoms in total. The Bertz CT molecular complexity index is 698. The molecular weight excluding hydrogens is 230 g/mol. The number of carbonyl (C=O) groups is 1. The van der Waals surface area contributed by atoms with Gasteiger partial charge in [0, 0.05) is 19.4 Å². The molecule has 0 aliphatic heterocycles. The second-order valence-corrected chi connectivity index (χ2v) is 3.88. The highest BCUT2D eigenvalue weighted by Gasteiger charge is 2.10. The van der Waals surface area contributed by atoms with Crippen molar-refractivity contribution >= 4 is 23.0 Å². The van der Waals surface area contributed by atoms with Crippen molar-refractivity contribution in [3.8, 4) is 0 Å². The molecule has 0 spiro atoms. The molecular formula is C12H11N5O. The monoisotopic (exact) mass is 241 g/mol. The second-order valence-electron chi connectivity index (χ2n) is 3.88. The number of hydrogen-bond donors (Lipinski definition) is 1. The van der Waals surface area contributed by atoms with Crippen molar-refractivity contribution in [2.75, 3.05) is 5.32 Å². The number of anilines is 1. The Hall–Kier alpha value is -2.63. The van der Waals surface area contributed by atoms with Crippen LogP contribution in [0.4, 0.5) is 10.7 Å². The van der Waals surface area contributed by atoms with Gasteiger partial charge in [0.05, 0.1) is 11.0 Å². The highest BCUT2D eigenvalue weighted by Crippen LogP contribution is 2.17. The minimum Gasteiger partial charge on any atom is -0.313 e. The Kier molecular flexibility index (Phi) is 2.33. The zero-order chi connectivity index (χ0) is 12.5. The van der Waals surface area contributed by atoms with Crippen LogP contribution in [0.2, 0.25) is 0 Å². The van der Waals surface area contributed by atoms with E-state index in [4.69, 9.17) is 0 Å². The lowest BCUT2D eigenvalue weighted by Gasteiger charge is -2.04. The van der Waals surface area contributed by atoms with Crippen molar-refractivity contribution in [3.05, 3.63) is 43.0 Å². The normalized spacial score (nSPS) is 10.7. The van der Waals surface area contributed by atoms with E-state index >= 15 is 0 Å². The molecule has 0 fully saturated rings. The molecule has 1 aromatic carbocycles. The van der Waals surface area contributed by atoms with Crippen LogP contribution in [0.1, 0.15) is 0 Å².